The standard InChI is InChI=1S/C16H25N3OS/c1-10(2)19(11(3)4)6-7-20-15-9-14-16(8-13(15)17)21-12(5)18-14/h8-11H,6-7,17H2,1-5H3. The predicted octanol–water partition coefficient (Wildman–Crippen LogP) is 3.68. The molecule has 2 aromatic rings. The molecule has 1 aromatic heterocycles. The van der Waals surface area contributed by atoms with Gasteiger partial charge in [0, 0.05) is 24.7 Å². The monoisotopic (exact) mass is 307 g/mol. The van der Waals surface area contributed by atoms with E-state index in [1.54, 1.807) is 11.3 Å². The molecule has 1 aromatic carbocycles. The van der Waals surface area contributed by atoms with Gasteiger partial charge in [0.05, 0.1) is 20.9 Å². The van der Waals surface area contributed by atoms with Crippen molar-refractivity contribution in [2.24, 2.45) is 0 Å². The van der Waals surface area contributed by atoms with Crippen molar-refractivity contribution in [2.45, 2.75) is 46.7 Å². The average molecular weight is 307 g/mol. The summed E-state index contributed by atoms with van der Waals surface area (Å²) in [5.74, 6) is 0.736. The Labute approximate surface area is 130 Å². The molecule has 0 saturated carbocycles. The van der Waals surface area contributed by atoms with E-state index in [1.807, 2.05) is 19.1 Å². The first kappa shape index (κ1) is 16.0. The zero-order valence-electron chi connectivity index (χ0n) is 13.5. The molecule has 0 fully saturated rings. The minimum absolute atomic E-state index is 0.509. The number of nitrogen functional groups attached to an aromatic ring is 1. The van der Waals surface area contributed by atoms with E-state index in [2.05, 4.69) is 37.6 Å². The molecule has 0 aliphatic heterocycles. The van der Waals surface area contributed by atoms with Gasteiger partial charge in [-0.3, -0.25) is 4.90 Å². The van der Waals surface area contributed by atoms with Crippen LogP contribution < -0.4 is 10.5 Å². The van der Waals surface area contributed by atoms with Crippen molar-refractivity contribution in [3.05, 3.63) is 17.1 Å². The second-order valence-electron chi connectivity index (χ2n) is 5.86. The second kappa shape index (κ2) is 6.62. The molecular formula is C16H25N3OS. The summed E-state index contributed by atoms with van der Waals surface area (Å²) >= 11 is 1.66. The van der Waals surface area contributed by atoms with Crippen LogP contribution in [0, 0.1) is 6.92 Å². The first-order valence-electron chi connectivity index (χ1n) is 7.43. The van der Waals surface area contributed by atoms with Crippen molar-refractivity contribution in [2.75, 3.05) is 18.9 Å². The van der Waals surface area contributed by atoms with Gasteiger partial charge in [0.15, 0.2) is 0 Å². The van der Waals surface area contributed by atoms with Gasteiger partial charge in [-0.25, -0.2) is 4.98 Å². The van der Waals surface area contributed by atoms with Gasteiger partial charge in [-0.15, -0.1) is 11.3 Å². The summed E-state index contributed by atoms with van der Waals surface area (Å²) in [5, 5.41) is 1.05. The highest BCUT2D eigenvalue weighted by atomic mass is 32.1. The van der Waals surface area contributed by atoms with Crippen molar-refractivity contribution in [3.8, 4) is 5.75 Å². The molecule has 0 radical (unpaired) electrons. The number of fused-ring (bicyclic) bond motifs is 1. The zero-order valence-corrected chi connectivity index (χ0v) is 14.3. The van der Waals surface area contributed by atoms with Crippen LogP contribution in [0.25, 0.3) is 10.2 Å². The molecule has 0 unspecified atom stereocenters. The smallest absolute Gasteiger partial charge is 0.144 e. The van der Waals surface area contributed by atoms with E-state index in [4.69, 9.17) is 10.5 Å². The van der Waals surface area contributed by atoms with E-state index >= 15 is 0 Å². The second-order valence-corrected chi connectivity index (χ2v) is 7.10. The molecule has 2 rings (SSSR count). The Bertz CT molecular complexity index is 599. The largest absolute Gasteiger partial charge is 0.490 e. The highest BCUT2D eigenvalue weighted by Crippen LogP contribution is 2.31. The molecule has 0 saturated heterocycles. The molecule has 0 bridgehead atoms. The fourth-order valence-electron chi connectivity index (χ4n) is 2.58. The number of benzene rings is 1. The molecule has 0 aliphatic carbocycles. The Morgan fingerprint density at radius 3 is 2.52 bits per heavy atom. The van der Waals surface area contributed by atoms with Crippen LogP contribution in [0.5, 0.6) is 5.75 Å². The quantitative estimate of drug-likeness (QED) is 0.827. The topological polar surface area (TPSA) is 51.4 Å². The van der Waals surface area contributed by atoms with Gasteiger partial charge in [-0.2, -0.15) is 0 Å². The summed E-state index contributed by atoms with van der Waals surface area (Å²) in [6.07, 6.45) is 0. The van der Waals surface area contributed by atoms with Gasteiger partial charge in [0.2, 0.25) is 0 Å². The maximum Gasteiger partial charge on any atom is 0.144 e. The summed E-state index contributed by atoms with van der Waals surface area (Å²) in [6.45, 7) is 12.4. The lowest BCUT2D eigenvalue weighted by molar-refractivity contribution is 0.142. The lowest BCUT2D eigenvalue weighted by Crippen LogP contribution is -2.39. The number of anilines is 1. The van der Waals surface area contributed by atoms with E-state index in [1.165, 1.54) is 0 Å². The third-order valence-electron chi connectivity index (χ3n) is 3.56. The number of aryl methyl sites for hydroxylation is 1. The Balaban J connectivity index is 2.04. The van der Waals surface area contributed by atoms with Crippen LogP contribution in [0.3, 0.4) is 0 Å². The normalized spacial score (nSPS) is 12.0. The van der Waals surface area contributed by atoms with Gasteiger partial charge in [-0.1, -0.05) is 0 Å². The van der Waals surface area contributed by atoms with E-state index in [9.17, 15) is 0 Å². The molecule has 4 nitrogen and oxygen atoms in total. The maximum absolute atomic E-state index is 6.07. The number of hydrogen-bond donors (Lipinski definition) is 1. The van der Waals surface area contributed by atoms with Gasteiger partial charge >= 0.3 is 0 Å². The third-order valence-corrected chi connectivity index (χ3v) is 4.49. The Morgan fingerprint density at radius 1 is 1.24 bits per heavy atom. The highest BCUT2D eigenvalue weighted by molar-refractivity contribution is 7.18. The van der Waals surface area contributed by atoms with Crippen molar-refractivity contribution in [1.82, 2.24) is 9.88 Å². The fourth-order valence-corrected chi connectivity index (χ4v) is 3.44. The van der Waals surface area contributed by atoms with Gasteiger partial charge in [0.1, 0.15) is 12.4 Å². The highest BCUT2D eigenvalue weighted by Gasteiger charge is 2.13. The van der Waals surface area contributed by atoms with Crippen molar-refractivity contribution < 1.29 is 4.74 Å². The SMILES string of the molecule is Cc1nc2cc(OCCN(C(C)C)C(C)C)c(N)cc2s1. The minimum atomic E-state index is 0.509. The van der Waals surface area contributed by atoms with E-state index in [-0.39, 0.29) is 0 Å². The fraction of sp³-hybridized carbons (Fsp3) is 0.562. The average Bonchev–Trinajstić information content (AvgIpc) is 2.72. The number of hydrogen-bond acceptors (Lipinski definition) is 5. The molecule has 0 aliphatic rings. The number of nitrogens with two attached hydrogens (primary N) is 1. The number of rotatable bonds is 6. The first-order valence-corrected chi connectivity index (χ1v) is 8.25. The van der Waals surface area contributed by atoms with Crippen LogP contribution in [0.2, 0.25) is 0 Å². The summed E-state index contributed by atoms with van der Waals surface area (Å²) in [5.41, 5.74) is 7.72. The molecule has 2 N–H and O–H groups in total. The molecule has 0 spiro atoms. The van der Waals surface area contributed by atoms with E-state index in [0.717, 1.165) is 27.5 Å². The summed E-state index contributed by atoms with van der Waals surface area (Å²) in [4.78, 5) is 6.89. The van der Waals surface area contributed by atoms with Crippen LogP contribution in [-0.2, 0) is 0 Å². The Hall–Kier alpha value is -1.33. The summed E-state index contributed by atoms with van der Waals surface area (Å²) in [6, 6.07) is 4.92. The molecular weight excluding hydrogens is 282 g/mol. The van der Waals surface area contributed by atoms with Crippen molar-refractivity contribution in [3.63, 3.8) is 0 Å². The first-order chi connectivity index (χ1) is 9.88. The van der Waals surface area contributed by atoms with Crippen LogP contribution in [0.15, 0.2) is 12.1 Å². The van der Waals surface area contributed by atoms with Gasteiger partial charge in [-0.05, 0) is 40.7 Å². The molecule has 0 amide bonds. The summed E-state index contributed by atoms with van der Waals surface area (Å²) < 4.78 is 7.00. The lowest BCUT2D eigenvalue weighted by atomic mass is 10.2. The van der Waals surface area contributed by atoms with Crippen LogP contribution in [-0.4, -0.2) is 35.1 Å². The number of thiazole rings is 1. The van der Waals surface area contributed by atoms with E-state index < -0.39 is 0 Å². The number of nitrogens with zero attached hydrogens (tertiary/aromatic N) is 2. The van der Waals surface area contributed by atoms with Gasteiger partial charge < -0.3 is 10.5 Å². The summed E-state index contributed by atoms with van der Waals surface area (Å²) in [7, 11) is 0. The Morgan fingerprint density at radius 2 is 1.90 bits per heavy atom. The molecule has 5 heteroatoms. The number of aromatic nitrogens is 1. The van der Waals surface area contributed by atoms with Gasteiger partial charge in [0.25, 0.3) is 0 Å². The van der Waals surface area contributed by atoms with Crippen LogP contribution >= 0.6 is 11.3 Å². The molecule has 1 heterocycles. The van der Waals surface area contributed by atoms with Crippen LogP contribution in [0.1, 0.15) is 32.7 Å². The van der Waals surface area contributed by atoms with Crippen molar-refractivity contribution >= 4 is 27.2 Å². The molecule has 116 valence electrons. The predicted molar refractivity (Wildman–Crippen MR) is 91.2 cm³/mol. The Kier molecular flexibility index (Phi) is 5.06. The minimum Gasteiger partial charge on any atom is -0.490 e. The molecule has 0 atom stereocenters. The molecule has 21 heavy (non-hydrogen) atoms. The lowest BCUT2D eigenvalue weighted by Gasteiger charge is -2.30. The van der Waals surface area contributed by atoms with Crippen molar-refractivity contribution in [1.29, 1.82) is 0 Å². The van der Waals surface area contributed by atoms with Crippen LogP contribution in [0.4, 0.5) is 5.69 Å². The maximum atomic E-state index is 6.07. The third kappa shape index (κ3) is 3.86. The van der Waals surface area contributed by atoms with E-state index in [0.29, 0.717) is 24.4 Å². The zero-order chi connectivity index (χ0) is 15.6. The number of ether oxygens (including phenoxy) is 1.